The number of methoxy groups -OCH3 is 1. The SMILES string of the molecule is COc1ncc(-c2ccc(F)cc2)c2sc(NC(=O)N3CCC4(CCOCC4)C3)nc12. The largest absolute Gasteiger partial charge is 0.479 e. The summed E-state index contributed by atoms with van der Waals surface area (Å²) in [6, 6.07) is 6.09. The first-order chi connectivity index (χ1) is 15.1. The summed E-state index contributed by atoms with van der Waals surface area (Å²) >= 11 is 1.36. The van der Waals surface area contributed by atoms with E-state index in [-0.39, 0.29) is 17.3 Å². The standard InChI is InChI=1S/C22H23FN4O3S/c1-29-19-17-18(16(12-24-19)14-2-4-15(23)5-3-14)31-20(25-17)26-21(28)27-9-6-22(13-27)7-10-30-11-8-22/h2-5,12H,6-11,13H2,1H3,(H,25,26,28). The summed E-state index contributed by atoms with van der Waals surface area (Å²) in [5.41, 5.74) is 2.40. The van der Waals surface area contributed by atoms with E-state index in [4.69, 9.17) is 9.47 Å². The Hall–Kier alpha value is -2.78. The van der Waals surface area contributed by atoms with Gasteiger partial charge in [-0.1, -0.05) is 23.5 Å². The van der Waals surface area contributed by atoms with Gasteiger partial charge in [0.1, 0.15) is 11.3 Å². The van der Waals surface area contributed by atoms with E-state index in [1.807, 2.05) is 4.90 Å². The molecule has 1 N–H and O–H groups in total. The molecule has 2 saturated heterocycles. The van der Waals surface area contributed by atoms with E-state index in [2.05, 4.69) is 15.3 Å². The fourth-order valence-corrected chi connectivity index (χ4v) is 5.40. The zero-order valence-electron chi connectivity index (χ0n) is 17.2. The van der Waals surface area contributed by atoms with Gasteiger partial charge < -0.3 is 14.4 Å². The third-order valence-corrected chi connectivity index (χ3v) is 7.23. The lowest BCUT2D eigenvalue weighted by atomic mass is 9.80. The van der Waals surface area contributed by atoms with Gasteiger partial charge in [0.25, 0.3) is 0 Å². The van der Waals surface area contributed by atoms with E-state index in [1.165, 1.54) is 30.6 Å². The smallest absolute Gasteiger partial charge is 0.323 e. The molecule has 2 aromatic heterocycles. The molecule has 0 saturated carbocycles. The molecule has 5 rings (SSSR count). The molecular weight excluding hydrogens is 419 g/mol. The second-order valence-corrected chi connectivity index (χ2v) is 9.10. The fraction of sp³-hybridized carbons (Fsp3) is 0.409. The molecule has 31 heavy (non-hydrogen) atoms. The highest BCUT2D eigenvalue weighted by atomic mass is 32.1. The third-order valence-electron chi connectivity index (χ3n) is 6.23. The van der Waals surface area contributed by atoms with Crippen molar-refractivity contribution in [3.8, 4) is 17.0 Å². The van der Waals surface area contributed by atoms with Gasteiger partial charge in [-0.2, -0.15) is 0 Å². The van der Waals surface area contributed by atoms with Gasteiger partial charge in [-0.3, -0.25) is 5.32 Å². The number of hydrogen-bond acceptors (Lipinski definition) is 6. The third kappa shape index (κ3) is 3.83. The van der Waals surface area contributed by atoms with Crippen LogP contribution in [0.25, 0.3) is 21.3 Å². The van der Waals surface area contributed by atoms with E-state index in [0.717, 1.165) is 61.4 Å². The zero-order chi connectivity index (χ0) is 21.4. The summed E-state index contributed by atoms with van der Waals surface area (Å²) in [5.74, 6) is 0.0894. The molecule has 1 aromatic carbocycles. The predicted octanol–water partition coefficient (Wildman–Crippen LogP) is 4.54. The summed E-state index contributed by atoms with van der Waals surface area (Å²) in [4.78, 5) is 23.7. The Morgan fingerprint density at radius 3 is 2.77 bits per heavy atom. The number of rotatable bonds is 3. The Morgan fingerprint density at radius 2 is 2.03 bits per heavy atom. The van der Waals surface area contributed by atoms with Crippen molar-refractivity contribution in [2.24, 2.45) is 5.41 Å². The first-order valence-corrected chi connectivity index (χ1v) is 11.1. The summed E-state index contributed by atoms with van der Waals surface area (Å²) in [6.07, 6.45) is 4.70. The highest BCUT2D eigenvalue weighted by Crippen LogP contribution is 2.41. The van der Waals surface area contributed by atoms with Crippen LogP contribution in [0.15, 0.2) is 30.5 Å². The van der Waals surface area contributed by atoms with Crippen LogP contribution in [0.1, 0.15) is 19.3 Å². The van der Waals surface area contributed by atoms with Gasteiger partial charge in [0, 0.05) is 38.1 Å². The lowest BCUT2D eigenvalue weighted by molar-refractivity contribution is 0.0211. The maximum absolute atomic E-state index is 13.4. The Labute approximate surface area is 183 Å². The number of pyridine rings is 1. The quantitative estimate of drug-likeness (QED) is 0.644. The molecule has 4 heterocycles. The van der Waals surface area contributed by atoms with Crippen LogP contribution < -0.4 is 10.1 Å². The molecule has 0 unspecified atom stereocenters. The first kappa shape index (κ1) is 20.1. The Kier molecular flexibility index (Phi) is 5.23. The monoisotopic (exact) mass is 442 g/mol. The van der Waals surface area contributed by atoms with E-state index < -0.39 is 0 Å². The van der Waals surface area contributed by atoms with Gasteiger partial charge in [0.2, 0.25) is 5.88 Å². The van der Waals surface area contributed by atoms with E-state index in [9.17, 15) is 9.18 Å². The fourth-order valence-electron chi connectivity index (χ4n) is 4.42. The molecule has 1 spiro atoms. The summed E-state index contributed by atoms with van der Waals surface area (Å²) in [5, 5.41) is 3.44. The van der Waals surface area contributed by atoms with Crippen molar-refractivity contribution in [2.45, 2.75) is 19.3 Å². The minimum absolute atomic E-state index is 0.141. The molecule has 2 aliphatic heterocycles. The van der Waals surface area contributed by atoms with E-state index >= 15 is 0 Å². The number of hydrogen-bond donors (Lipinski definition) is 1. The maximum atomic E-state index is 13.4. The average Bonchev–Trinajstić information content (AvgIpc) is 3.39. The second-order valence-electron chi connectivity index (χ2n) is 8.10. The lowest BCUT2D eigenvalue weighted by Gasteiger charge is -2.33. The zero-order valence-corrected chi connectivity index (χ0v) is 18.0. The van der Waals surface area contributed by atoms with Gasteiger partial charge in [0.05, 0.1) is 11.8 Å². The van der Waals surface area contributed by atoms with Crippen LogP contribution >= 0.6 is 11.3 Å². The normalized spacial score (nSPS) is 17.9. The number of likely N-dealkylation sites (tertiary alicyclic amines) is 1. The number of carbonyl (C=O) groups is 1. The number of carbonyl (C=O) groups excluding carboxylic acids is 1. The molecule has 162 valence electrons. The maximum Gasteiger partial charge on any atom is 0.323 e. The van der Waals surface area contributed by atoms with Crippen molar-refractivity contribution >= 4 is 32.7 Å². The molecule has 0 radical (unpaired) electrons. The number of fused-ring (bicyclic) bond motifs is 1. The van der Waals surface area contributed by atoms with Gasteiger partial charge in [-0.15, -0.1) is 0 Å². The molecule has 0 atom stereocenters. The van der Waals surface area contributed by atoms with Crippen molar-refractivity contribution in [1.29, 1.82) is 0 Å². The number of thiazole rings is 1. The summed E-state index contributed by atoms with van der Waals surface area (Å²) in [7, 11) is 1.54. The molecule has 9 heteroatoms. The van der Waals surface area contributed by atoms with Crippen LogP contribution in [0, 0.1) is 11.2 Å². The number of nitrogens with zero attached hydrogens (tertiary/aromatic N) is 3. The molecular formula is C22H23FN4O3S. The van der Waals surface area contributed by atoms with Crippen LogP contribution in [-0.2, 0) is 4.74 Å². The van der Waals surface area contributed by atoms with Gasteiger partial charge in [-0.25, -0.2) is 19.2 Å². The van der Waals surface area contributed by atoms with Gasteiger partial charge in [-0.05, 0) is 42.4 Å². The summed E-state index contributed by atoms with van der Waals surface area (Å²) < 4.78 is 25.0. The first-order valence-electron chi connectivity index (χ1n) is 10.3. The molecule has 3 aromatic rings. The molecule has 0 bridgehead atoms. The minimum Gasteiger partial charge on any atom is -0.479 e. The van der Waals surface area contributed by atoms with Gasteiger partial charge in [0.15, 0.2) is 5.13 Å². The number of anilines is 1. The second kappa shape index (κ2) is 8.05. The van der Waals surface area contributed by atoms with Crippen molar-refractivity contribution < 1.29 is 18.7 Å². The summed E-state index contributed by atoms with van der Waals surface area (Å²) in [6.45, 7) is 3.03. The van der Waals surface area contributed by atoms with Crippen LogP contribution in [-0.4, -0.2) is 54.3 Å². The molecule has 7 nitrogen and oxygen atoms in total. The Bertz CT molecular complexity index is 1110. The molecule has 2 amide bonds. The number of benzene rings is 1. The number of ether oxygens (including phenoxy) is 2. The van der Waals surface area contributed by atoms with Crippen LogP contribution in [0.5, 0.6) is 5.88 Å². The topological polar surface area (TPSA) is 76.6 Å². The number of urea groups is 1. The Morgan fingerprint density at radius 1 is 1.26 bits per heavy atom. The molecule has 0 aliphatic carbocycles. The van der Waals surface area contributed by atoms with Crippen LogP contribution in [0.4, 0.5) is 14.3 Å². The number of aromatic nitrogens is 2. The number of nitrogens with one attached hydrogen (secondary N) is 1. The predicted molar refractivity (Wildman–Crippen MR) is 117 cm³/mol. The van der Waals surface area contributed by atoms with E-state index in [0.29, 0.717) is 16.5 Å². The van der Waals surface area contributed by atoms with Gasteiger partial charge >= 0.3 is 6.03 Å². The Balaban J connectivity index is 1.41. The van der Waals surface area contributed by atoms with Crippen molar-refractivity contribution in [2.75, 3.05) is 38.7 Å². The van der Waals surface area contributed by atoms with Crippen LogP contribution in [0.2, 0.25) is 0 Å². The molecule has 2 fully saturated rings. The highest BCUT2D eigenvalue weighted by Gasteiger charge is 2.41. The van der Waals surface area contributed by atoms with Crippen molar-refractivity contribution in [1.82, 2.24) is 14.9 Å². The average molecular weight is 443 g/mol. The van der Waals surface area contributed by atoms with Crippen LogP contribution in [0.3, 0.4) is 0 Å². The van der Waals surface area contributed by atoms with E-state index in [1.54, 1.807) is 18.3 Å². The van der Waals surface area contributed by atoms with Crippen molar-refractivity contribution in [3.63, 3.8) is 0 Å². The minimum atomic E-state index is -0.299. The highest BCUT2D eigenvalue weighted by molar-refractivity contribution is 7.23. The number of halogens is 1. The number of amides is 2. The molecule has 2 aliphatic rings. The lowest BCUT2D eigenvalue weighted by Crippen LogP contribution is -2.37. The van der Waals surface area contributed by atoms with Crippen molar-refractivity contribution in [3.05, 3.63) is 36.3 Å².